The highest BCUT2D eigenvalue weighted by Gasteiger charge is 2.11. The Balaban J connectivity index is 2.21. The minimum atomic E-state index is -0.186. The summed E-state index contributed by atoms with van der Waals surface area (Å²) < 4.78 is 0. The van der Waals surface area contributed by atoms with E-state index in [1.54, 1.807) is 18.2 Å². The molecular formula is C15H16N4O. The number of aryl methyl sites for hydroxylation is 2. The lowest BCUT2D eigenvalue weighted by molar-refractivity contribution is 0.102. The highest BCUT2D eigenvalue weighted by Crippen LogP contribution is 2.17. The molecule has 4 N–H and O–H groups in total. The molecule has 0 spiro atoms. The maximum Gasteiger partial charge on any atom is 0.255 e. The molecule has 0 unspecified atom stereocenters. The van der Waals surface area contributed by atoms with Gasteiger partial charge in [-0.25, -0.2) is 0 Å². The Kier molecular flexibility index (Phi) is 4.18. The van der Waals surface area contributed by atoms with Gasteiger partial charge in [0.15, 0.2) is 0 Å². The Labute approximate surface area is 117 Å². The van der Waals surface area contributed by atoms with Gasteiger partial charge in [-0.15, -0.1) is 0 Å². The largest absolute Gasteiger partial charge is 0.320 e. The van der Waals surface area contributed by atoms with Crippen molar-refractivity contribution in [3.05, 3.63) is 46.8 Å². The number of benzene rings is 1. The van der Waals surface area contributed by atoms with Crippen LogP contribution in [-0.4, -0.2) is 22.6 Å². The Morgan fingerprint density at radius 2 is 2.25 bits per heavy atom. The number of rotatable bonds is 2. The predicted molar refractivity (Wildman–Crippen MR) is 78.4 cm³/mol. The van der Waals surface area contributed by atoms with Gasteiger partial charge in [-0.05, 0) is 32.0 Å². The number of carbonyl (C=O) groups excluding carboxylic acids is 1. The van der Waals surface area contributed by atoms with Crippen LogP contribution in [0.4, 0.5) is 5.69 Å². The second kappa shape index (κ2) is 6.04. The second-order valence-corrected chi connectivity index (χ2v) is 4.35. The first-order valence-corrected chi connectivity index (χ1v) is 6.23. The van der Waals surface area contributed by atoms with Gasteiger partial charge in [0.2, 0.25) is 0 Å². The van der Waals surface area contributed by atoms with Crippen molar-refractivity contribution in [1.29, 1.82) is 0 Å². The molecule has 0 saturated carbocycles. The minimum Gasteiger partial charge on any atom is -0.320 e. The molecule has 1 heterocycles. The van der Waals surface area contributed by atoms with Crippen LogP contribution in [0.15, 0.2) is 24.3 Å². The fraction of sp³-hybridized carbons (Fsp3) is 0.200. The zero-order valence-electron chi connectivity index (χ0n) is 11.4. The highest BCUT2D eigenvalue weighted by atomic mass is 16.1. The summed E-state index contributed by atoms with van der Waals surface area (Å²) in [5, 5.41) is 9.73. The SMILES string of the molecule is Cc1n[nH]c(C)c1NC(=O)c1cccc(C#CCN)c1. The fourth-order valence-electron chi connectivity index (χ4n) is 1.81. The molecule has 0 aliphatic rings. The van der Waals surface area contributed by atoms with Crippen molar-refractivity contribution >= 4 is 11.6 Å². The van der Waals surface area contributed by atoms with Crippen LogP contribution in [0.3, 0.4) is 0 Å². The summed E-state index contributed by atoms with van der Waals surface area (Å²) in [5.74, 6) is 5.49. The number of nitrogens with one attached hydrogen (secondary N) is 2. The number of aromatic nitrogens is 2. The predicted octanol–water partition coefficient (Wildman–Crippen LogP) is 1.59. The third-order valence-electron chi connectivity index (χ3n) is 2.83. The van der Waals surface area contributed by atoms with Crippen LogP contribution < -0.4 is 11.1 Å². The molecule has 0 fully saturated rings. The number of amides is 1. The van der Waals surface area contributed by atoms with Crippen molar-refractivity contribution in [1.82, 2.24) is 10.2 Å². The van der Waals surface area contributed by atoms with Crippen LogP contribution in [-0.2, 0) is 0 Å². The molecule has 5 heteroatoms. The molecule has 1 aromatic carbocycles. The Morgan fingerprint density at radius 3 is 2.90 bits per heavy atom. The molecule has 0 saturated heterocycles. The quantitative estimate of drug-likeness (QED) is 0.723. The summed E-state index contributed by atoms with van der Waals surface area (Å²) >= 11 is 0. The number of carbonyl (C=O) groups is 1. The lowest BCUT2D eigenvalue weighted by Crippen LogP contribution is -2.13. The molecule has 2 rings (SSSR count). The highest BCUT2D eigenvalue weighted by molar-refractivity contribution is 6.05. The molecule has 0 aliphatic heterocycles. The van der Waals surface area contributed by atoms with Crippen LogP contribution >= 0.6 is 0 Å². The number of aromatic amines is 1. The number of nitrogens with zero attached hydrogens (tertiary/aromatic N) is 1. The third-order valence-corrected chi connectivity index (χ3v) is 2.83. The first-order chi connectivity index (χ1) is 9.61. The van der Waals surface area contributed by atoms with Gasteiger partial charge in [-0.1, -0.05) is 17.9 Å². The van der Waals surface area contributed by atoms with E-state index in [9.17, 15) is 4.79 Å². The van der Waals surface area contributed by atoms with Crippen LogP contribution in [0.5, 0.6) is 0 Å². The number of nitrogens with two attached hydrogens (primary N) is 1. The summed E-state index contributed by atoms with van der Waals surface area (Å²) in [7, 11) is 0. The first kappa shape index (κ1) is 13.8. The van der Waals surface area contributed by atoms with E-state index in [0.29, 0.717) is 17.8 Å². The smallest absolute Gasteiger partial charge is 0.255 e. The van der Waals surface area contributed by atoms with E-state index in [-0.39, 0.29) is 5.91 Å². The van der Waals surface area contributed by atoms with Crippen LogP contribution in [0.25, 0.3) is 0 Å². The van der Waals surface area contributed by atoms with E-state index in [0.717, 1.165) is 17.0 Å². The van der Waals surface area contributed by atoms with E-state index in [1.165, 1.54) is 0 Å². The average Bonchev–Trinajstić information content (AvgIpc) is 2.77. The minimum absolute atomic E-state index is 0.186. The molecule has 2 aromatic rings. The Hall–Kier alpha value is -2.58. The molecule has 20 heavy (non-hydrogen) atoms. The summed E-state index contributed by atoms with van der Waals surface area (Å²) in [6, 6.07) is 7.12. The van der Waals surface area contributed by atoms with E-state index in [4.69, 9.17) is 5.73 Å². The summed E-state index contributed by atoms with van der Waals surface area (Å²) in [6.45, 7) is 3.99. The first-order valence-electron chi connectivity index (χ1n) is 6.23. The third kappa shape index (κ3) is 3.05. The van der Waals surface area contributed by atoms with Crippen LogP contribution in [0.1, 0.15) is 27.3 Å². The lowest BCUT2D eigenvalue weighted by Gasteiger charge is -2.05. The molecule has 1 aromatic heterocycles. The van der Waals surface area contributed by atoms with E-state index in [1.807, 2.05) is 19.9 Å². The Morgan fingerprint density at radius 1 is 1.45 bits per heavy atom. The normalized spacial score (nSPS) is 9.75. The molecule has 102 valence electrons. The van der Waals surface area contributed by atoms with Crippen molar-refractivity contribution in [2.24, 2.45) is 5.73 Å². The standard InChI is InChI=1S/C15H16N4O/c1-10-14(11(2)19-18-10)17-15(20)13-7-3-5-12(9-13)6-4-8-16/h3,5,7,9H,8,16H2,1-2H3,(H,17,20)(H,18,19). The summed E-state index contributed by atoms with van der Waals surface area (Å²) in [6.07, 6.45) is 0. The van der Waals surface area contributed by atoms with Gasteiger partial charge in [-0.3, -0.25) is 9.89 Å². The molecule has 1 amide bonds. The van der Waals surface area contributed by atoms with Gasteiger partial charge in [0, 0.05) is 11.1 Å². The topological polar surface area (TPSA) is 83.8 Å². The summed E-state index contributed by atoms with van der Waals surface area (Å²) in [5.41, 5.74) is 8.96. The van der Waals surface area contributed by atoms with Crippen molar-refractivity contribution in [2.75, 3.05) is 11.9 Å². The van der Waals surface area contributed by atoms with Crippen molar-refractivity contribution < 1.29 is 4.79 Å². The van der Waals surface area contributed by atoms with Crippen molar-refractivity contribution in [2.45, 2.75) is 13.8 Å². The number of H-pyrrole nitrogens is 1. The lowest BCUT2D eigenvalue weighted by atomic mass is 10.1. The molecule has 0 aliphatic carbocycles. The molecule has 0 bridgehead atoms. The monoisotopic (exact) mass is 268 g/mol. The van der Waals surface area contributed by atoms with Gasteiger partial charge >= 0.3 is 0 Å². The van der Waals surface area contributed by atoms with Gasteiger partial charge in [0.25, 0.3) is 5.91 Å². The number of hydrogen-bond donors (Lipinski definition) is 3. The van der Waals surface area contributed by atoms with E-state index in [2.05, 4.69) is 27.4 Å². The fourth-order valence-corrected chi connectivity index (χ4v) is 1.81. The van der Waals surface area contributed by atoms with Crippen LogP contribution in [0, 0.1) is 25.7 Å². The maximum atomic E-state index is 12.2. The van der Waals surface area contributed by atoms with E-state index >= 15 is 0 Å². The van der Waals surface area contributed by atoms with Crippen molar-refractivity contribution in [3.63, 3.8) is 0 Å². The van der Waals surface area contributed by atoms with Gasteiger partial charge in [-0.2, -0.15) is 5.10 Å². The molecule has 0 radical (unpaired) electrons. The van der Waals surface area contributed by atoms with Gasteiger partial charge in [0.1, 0.15) is 0 Å². The Bertz CT molecular complexity index is 672. The van der Waals surface area contributed by atoms with Crippen LogP contribution in [0.2, 0.25) is 0 Å². The zero-order chi connectivity index (χ0) is 14.5. The van der Waals surface area contributed by atoms with Gasteiger partial charge in [0.05, 0.1) is 23.6 Å². The number of hydrogen-bond acceptors (Lipinski definition) is 3. The van der Waals surface area contributed by atoms with E-state index < -0.39 is 0 Å². The van der Waals surface area contributed by atoms with Gasteiger partial charge < -0.3 is 11.1 Å². The second-order valence-electron chi connectivity index (χ2n) is 4.35. The average molecular weight is 268 g/mol. The maximum absolute atomic E-state index is 12.2. The molecular weight excluding hydrogens is 252 g/mol. The van der Waals surface area contributed by atoms with Crippen molar-refractivity contribution in [3.8, 4) is 11.8 Å². The number of anilines is 1. The summed E-state index contributed by atoms with van der Waals surface area (Å²) in [4.78, 5) is 12.2. The molecule has 0 atom stereocenters. The zero-order valence-corrected chi connectivity index (χ0v) is 11.4. The molecule has 5 nitrogen and oxygen atoms in total.